The van der Waals surface area contributed by atoms with Crippen LogP contribution < -0.4 is 5.73 Å². The zero-order valence-electron chi connectivity index (χ0n) is 16.7. The molecule has 0 heterocycles. The summed E-state index contributed by atoms with van der Waals surface area (Å²) in [6, 6.07) is 20.8. The largest absolute Gasteiger partial charge is 0.398 e. The quantitative estimate of drug-likeness (QED) is 0.487. The second-order valence-corrected chi connectivity index (χ2v) is 8.67. The Morgan fingerprint density at radius 3 is 2.18 bits per heavy atom. The van der Waals surface area contributed by atoms with Gasteiger partial charge in [-0.15, -0.1) is 0 Å². The van der Waals surface area contributed by atoms with E-state index in [4.69, 9.17) is 11.1 Å². The topological polar surface area (TPSA) is 49.9 Å². The van der Waals surface area contributed by atoms with Gasteiger partial charge in [0.05, 0.1) is 5.71 Å². The minimum atomic E-state index is 0.124. The van der Waals surface area contributed by atoms with Crippen molar-refractivity contribution in [2.24, 2.45) is 5.41 Å². The van der Waals surface area contributed by atoms with Crippen molar-refractivity contribution in [3.05, 3.63) is 89.5 Å². The van der Waals surface area contributed by atoms with E-state index < -0.39 is 0 Å². The molecular formula is C26H26N2. The van der Waals surface area contributed by atoms with Gasteiger partial charge in [0.1, 0.15) is 0 Å². The molecule has 2 nitrogen and oxygen atoms in total. The standard InChI is InChI=1S/C26H26N2/c1-26(2,3)16-23(19-12-14-24(27)21-10-6-4-8-17(19)21)20-13-15-25(28)22-11-7-5-9-18(20)22/h4-15,27H,16,28H2,1-3H3/b23-19+,27-24?. The van der Waals surface area contributed by atoms with Crippen LogP contribution in [0, 0.1) is 10.8 Å². The molecule has 0 bridgehead atoms. The van der Waals surface area contributed by atoms with Gasteiger partial charge in [-0.25, -0.2) is 0 Å². The van der Waals surface area contributed by atoms with Crippen LogP contribution in [-0.2, 0) is 0 Å². The third-order valence-electron chi connectivity index (χ3n) is 5.24. The number of nitrogens with two attached hydrogens (primary N) is 1. The van der Waals surface area contributed by atoms with E-state index in [0.717, 1.165) is 28.6 Å². The smallest absolute Gasteiger partial charge is 0.0618 e. The van der Waals surface area contributed by atoms with E-state index in [1.807, 2.05) is 30.3 Å². The molecule has 1 aliphatic carbocycles. The van der Waals surface area contributed by atoms with E-state index in [0.29, 0.717) is 5.71 Å². The molecule has 3 N–H and O–H groups in total. The number of hydrogen-bond acceptors (Lipinski definition) is 2. The minimum absolute atomic E-state index is 0.124. The van der Waals surface area contributed by atoms with Gasteiger partial charge >= 0.3 is 0 Å². The maximum absolute atomic E-state index is 8.32. The number of anilines is 1. The molecule has 4 rings (SSSR count). The number of hydrogen-bond donors (Lipinski definition) is 2. The lowest BCUT2D eigenvalue weighted by Crippen LogP contribution is -2.11. The Labute approximate surface area is 166 Å². The lowest BCUT2D eigenvalue weighted by molar-refractivity contribution is 0.428. The van der Waals surface area contributed by atoms with Gasteiger partial charge in [0.15, 0.2) is 0 Å². The van der Waals surface area contributed by atoms with E-state index >= 15 is 0 Å². The van der Waals surface area contributed by atoms with Crippen molar-refractivity contribution in [1.29, 1.82) is 5.41 Å². The molecule has 0 unspecified atom stereocenters. The molecule has 0 fully saturated rings. The van der Waals surface area contributed by atoms with Gasteiger partial charge in [0, 0.05) is 16.6 Å². The van der Waals surface area contributed by atoms with Crippen molar-refractivity contribution >= 4 is 33.3 Å². The van der Waals surface area contributed by atoms with E-state index in [9.17, 15) is 0 Å². The fourth-order valence-electron chi connectivity index (χ4n) is 4.01. The number of allylic oxidation sites excluding steroid dienone is 4. The zero-order chi connectivity index (χ0) is 19.9. The second-order valence-electron chi connectivity index (χ2n) is 8.67. The Morgan fingerprint density at radius 1 is 0.821 bits per heavy atom. The van der Waals surface area contributed by atoms with Crippen molar-refractivity contribution in [3.8, 4) is 0 Å². The fraction of sp³-hybridized carbons (Fsp3) is 0.192. The van der Waals surface area contributed by atoms with Crippen LogP contribution in [0.4, 0.5) is 5.69 Å². The van der Waals surface area contributed by atoms with Crippen LogP contribution in [0.2, 0.25) is 0 Å². The van der Waals surface area contributed by atoms with Crippen molar-refractivity contribution in [2.75, 3.05) is 5.73 Å². The molecule has 0 spiro atoms. The number of nitrogens with one attached hydrogen (secondary N) is 1. The Bertz CT molecular complexity index is 1140. The van der Waals surface area contributed by atoms with E-state index in [-0.39, 0.29) is 5.41 Å². The first-order valence-corrected chi connectivity index (χ1v) is 9.72. The third-order valence-corrected chi connectivity index (χ3v) is 5.24. The van der Waals surface area contributed by atoms with Crippen molar-refractivity contribution < 1.29 is 0 Å². The number of benzene rings is 3. The van der Waals surface area contributed by atoms with Crippen LogP contribution in [-0.4, -0.2) is 5.71 Å². The molecule has 0 saturated carbocycles. The maximum atomic E-state index is 8.32. The number of rotatable bonds is 2. The molecule has 2 heteroatoms. The molecule has 1 aliphatic rings. The summed E-state index contributed by atoms with van der Waals surface area (Å²) >= 11 is 0. The zero-order valence-corrected chi connectivity index (χ0v) is 16.7. The second kappa shape index (κ2) is 6.79. The SMILES string of the molecule is CC(C)(C)C/C(=C1/C=CC(=N)c2ccccc21)c1ccc(N)c2ccccc12. The summed E-state index contributed by atoms with van der Waals surface area (Å²) in [5.74, 6) is 0. The van der Waals surface area contributed by atoms with Gasteiger partial charge < -0.3 is 11.1 Å². The molecule has 0 aliphatic heterocycles. The lowest BCUT2D eigenvalue weighted by atomic mass is 9.78. The van der Waals surface area contributed by atoms with E-state index in [1.54, 1.807) is 0 Å². The van der Waals surface area contributed by atoms with Crippen LogP contribution in [0.25, 0.3) is 21.9 Å². The van der Waals surface area contributed by atoms with Gasteiger partial charge in [-0.05, 0) is 51.6 Å². The average molecular weight is 367 g/mol. The maximum Gasteiger partial charge on any atom is 0.0618 e. The normalized spacial score (nSPS) is 15.6. The minimum Gasteiger partial charge on any atom is -0.398 e. The molecule has 3 aromatic rings. The Balaban J connectivity index is 2.07. The van der Waals surface area contributed by atoms with Gasteiger partial charge in [-0.3, -0.25) is 0 Å². The predicted molar refractivity (Wildman–Crippen MR) is 122 cm³/mol. The lowest BCUT2D eigenvalue weighted by Gasteiger charge is -2.26. The Hall–Kier alpha value is -3.13. The molecule has 140 valence electrons. The van der Waals surface area contributed by atoms with Gasteiger partial charge in [0.2, 0.25) is 0 Å². The van der Waals surface area contributed by atoms with Crippen LogP contribution >= 0.6 is 0 Å². The molecule has 0 saturated heterocycles. The highest BCUT2D eigenvalue weighted by Crippen LogP contribution is 2.42. The summed E-state index contributed by atoms with van der Waals surface area (Å²) in [6.45, 7) is 6.81. The van der Waals surface area contributed by atoms with Crippen LogP contribution in [0.5, 0.6) is 0 Å². The molecule has 0 aromatic heterocycles. The number of fused-ring (bicyclic) bond motifs is 2. The highest BCUT2D eigenvalue weighted by molar-refractivity contribution is 6.17. The summed E-state index contributed by atoms with van der Waals surface area (Å²) in [4.78, 5) is 0. The molecule has 28 heavy (non-hydrogen) atoms. The predicted octanol–water partition coefficient (Wildman–Crippen LogP) is 6.71. The Kier molecular flexibility index (Phi) is 4.43. The first-order chi connectivity index (χ1) is 13.3. The highest BCUT2D eigenvalue weighted by atomic mass is 14.5. The molecule has 0 amide bonds. The first kappa shape index (κ1) is 18.2. The Morgan fingerprint density at radius 2 is 1.46 bits per heavy atom. The van der Waals surface area contributed by atoms with Crippen molar-refractivity contribution in [3.63, 3.8) is 0 Å². The number of nitrogen functional groups attached to an aromatic ring is 1. The summed E-state index contributed by atoms with van der Waals surface area (Å²) in [6.07, 6.45) is 4.96. The van der Waals surface area contributed by atoms with Crippen LogP contribution in [0.1, 0.15) is 43.9 Å². The van der Waals surface area contributed by atoms with Crippen molar-refractivity contribution in [1.82, 2.24) is 0 Å². The van der Waals surface area contributed by atoms with Crippen LogP contribution in [0.15, 0.2) is 72.8 Å². The summed E-state index contributed by atoms with van der Waals surface area (Å²) in [7, 11) is 0. The summed E-state index contributed by atoms with van der Waals surface area (Å²) in [5.41, 5.74) is 13.6. The van der Waals surface area contributed by atoms with Crippen molar-refractivity contribution in [2.45, 2.75) is 27.2 Å². The highest BCUT2D eigenvalue weighted by Gasteiger charge is 2.23. The molecule has 0 atom stereocenters. The first-order valence-electron chi connectivity index (χ1n) is 9.72. The molecule has 3 aromatic carbocycles. The fourth-order valence-corrected chi connectivity index (χ4v) is 4.01. The molecule has 0 radical (unpaired) electrons. The molecular weight excluding hydrogens is 340 g/mol. The van der Waals surface area contributed by atoms with Crippen LogP contribution in [0.3, 0.4) is 0 Å². The van der Waals surface area contributed by atoms with Gasteiger partial charge in [-0.2, -0.15) is 0 Å². The van der Waals surface area contributed by atoms with Gasteiger partial charge in [0.25, 0.3) is 0 Å². The third kappa shape index (κ3) is 3.27. The monoisotopic (exact) mass is 366 g/mol. The summed E-state index contributed by atoms with van der Waals surface area (Å²) < 4.78 is 0. The van der Waals surface area contributed by atoms with E-state index in [2.05, 4.69) is 63.2 Å². The van der Waals surface area contributed by atoms with Gasteiger partial charge in [-0.1, -0.05) is 81.4 Å². The average Bonchev–Trinajstić information content (AvgIpc) is 2.67. The van der Waals surface area contributed by atoms with E-state index in [1.165, 1.54) is 22.1 Å². The summed E-state index contributed by atoms with van der Waals surface area (Å²) in [5, 5.41) is 10.6.